The summed E-state index contributed by atoms with van der Waals surface area (Å²) in [6, 6.07) is 12.6. The van der Waals surface area contributed by atoms with Crippen LogP contribution in [-0.4, -0.2) is 13.2 Å². The molecule has 0 saturated carbocycles. The Bertz CT molecular complexity index is 863. The third kappa shape index (κ3) is 12.6. The highest BCUT2D eigenvalue weighted by molar-refractivity contribution is 5.76. The lowest BCUT2D eigenvalue weighted by Crippen LogP contribution is -2.22. The topological polar surface area (TPSA) is 56.4 Å². The molecule has 2 N–H and O–H groups in total. The van der Waals surface area contributed by atoms with Crippen molar-refractivity contribution in [2.24, 2.45) is 5.11 Å². The number of ether oxygens (including phenoxy) is 2. The third-order valence-electron chi connectivity index (χ3n) is 7.07. The predicted molar refractivity (Wildman–Crippen MR) is 157 cm³/mol. The molecule has 0 unspecified atom stereocenters. The molecule has 0 aliphatic carbocycles. The van der Waals surface area contributed by atoms with Crippen molar-refractivity contribution >= 4 is 5.69 Å². The van der Waals surface area contributed by atoms with Crippen molar-refractivity contribution in [2.45, 2.75) is 124 Å². The molecule has 0 aliphatic heterocycles. The van der Waals surface area contributed by atoms with Crippen molar-refractivity contribution in [3.8, 4) is 22.6 Å². The first-order valence-corrected chi connectivity index (χ1v) is 15.1. The largest absolute Gasteiger partial charge is 0.493 e. The maximum absolute atomic E-state index is 6.29. The van der Waals surface area contributed by atoms with Crippen LogP contribution in [0.5, 0.6) is 11.5 Å². The Labute approximate surface area is 227 Å². The van der Waals surface area contributed by atoms with Crippen LogP contribution in [0.4, 0.5) is 5.69 Å². The summed E-state index contributed by atoms with van der Waals surface area (Å²) in [5.74, 6) is 1.57. The first kappa shape index (κ1) is 30.9. The van der Waals surface area contributed by atoms with Crippen LogP contribution in [0.3, 0.4) is 0 Å². The summed E-state index contributed by atoms with van der Waals surface area (Å²) in [6.07, 6.45) is 20.5. The van der Waals surface area contributed by atoms with Gasteiger partial charge in [0.2, 0.25) is 0 Å². The molecule has 0 radical (unpaired) electrons. The van der Waals surface area contributed by atoms with Crippen molar-refractivity contribution in [2.75, 3.05) is 13.2 Å². The molecule has 0 fully saturated rings. The van der Waals surface area contributed by atoms with E-state index in [1.807, 2.05) is 6.07 Å². The van der Waals surface area contributed by atoms with Crippen molar-refractivity contribution in [3.05, 3.63) is 42.0 Å². The molecule has 0 heterocycles. The average molecular weight is 510 g/mol. The highest BCUT2D eigenvalue weighted by Crippen LogP contribution is 2.40. The molecule has 2 rings (SSSR count). The van der Waals surface area contributed by atoms with Crippen molar-refractivity contribution in [1.29, 1.82) is 0 Å². The van der Waals surface area contributed by atoms with E-state index < -0.39 is 0 Å². The highest BCUT2D eigenvalue weighted by Gasteiger charge is 2.15. The van der Waals surface area contributed by atoms with Crippen molar-refractivity contribution in [1.82, 2.24) is 0 Å². The van der Waals surface area contributed by atoms with Gasteiger partial charge in [0.1, 0.15) is 5.75 Å². The summed E-state index contributed by atoms with van der Waals surface area (Å²) in [4.78, 5) is 0. The first-order valence-electron chi connectivity index (χ1n) is 15.1. The first-order chi connectivity index (χ1) is 18.2. The van der Waals surface area contributed by atoms with E-state index in [4.69, 9.17) is 15.0 Å². The van der Waals surface area contributed by atoms with Crippen LogP contribution in [0.2, 0.25) is 0 Å². The Morgan fingerprint density at radius 3 is 1.54 bits per heavy atom. The minimum Gasteiger partial charge on any atom is -0.493 e. The van der Waals surface area contributed by atoms with Crippen LogP contribution in [-0.2, 0) is 0 Å². The van der Waals surface area contributed by atoms with Crippen LogP contribution in [0.15, 0.2) is 41.5 Å². The minimum absolute atomic E-state index is 0.654. The number of nitrogens with zero attached hydrogens (tertiary/aromatic N) is 1. The smallest absolute Gasteiger partial charge is 0.175 e. The van der Waals surface area contributed by atoms with Gasteiger partial charge in [-0.05, 0) is 36.5 Å². The monoisotopic (exact) mass is 509 g/mol. The van der Waals surface area contributed by atoms with Gasteiger partial charge in [-0.3, -0.25) is 0 Å². The molecule has 4 heteroatoms. The number of rotatable bonds is 22. The molecule has 2 aromatic carbocycles. The lowest BCUT2D eigenvalue weighted by atomic mass is 10.0. The predicted octanol–water partition coefficient (Wildman–Crippen LogP) is 9.54. The quantitative estimate of drug-likeness (QED) is 0.127. The fraction of sp³-hybridized carbons (Fsp3) is 0.636. The van der Waals surface area contributed by atoms with Gasteiger partial charge < -0.3 is 9.47 Å². The van der Waals surface area contributed by atoms with E-state index in [-0.39, 0.29) is 0 Å². The molecular formula is C33H53N2O2+. The number of aryl methyl sites for hydroxylation is 1. The number of unbranched alkanes of at least 4 members (excludes halogenated alkanes) is 14. The Morgan fingerprint density at radius 2 is 1.05 bits per heavy atom. The molecular weight excluding hydrogens is 456 g/mol. The Hall–Kier alpha value is -2.36. The van der Waals surface area contributed by atoms with E-state index in [0.717, 1.165) is 35.5 Å². The number of hydrogen-bond acceptors (Lipinski definition) is 3. The average Bonchev–Trinajstić information content (AvgIpc) is 2.92. The Morgan fingerprint density at radius 1 is 0.595 bits per heavy atom. The van der Waals surface area contributed by atoms with Gasteiger partial charge in [0.05, 0.1) is 13.2 Å². The molecule has 0 aliphatic rings. The SMILES string of the molecule is CCCCCCCCCCOc1cc(-c2ccc(C)cc2)c(OCCCCCCCCCC)cc1N=[NH2+]. The minimum atomic E-state index is 0.654. The zero-order valence-corrected chi connectivity index (χ0v) is 24.0. The van der Waals surface area contributed by atoms with Gasteiger partial charge in [0.25, 0.3) is 0 Å². The molecule has 0 amide bonds. The van der Waals surface area contributed by atoms with E-state index in [0.29, 0.717) is 18.9 Å². The van der Waals surface area contributed by atoms with Gasteiger partial charge in [-0.2, -0.15) is 5.53 Å². The van der Waals surface area contributed by atoms with Crippen LogP contribution in [0, 0.1) is 6.92 Å². The molecule has 0 bridgehead atoms. The molecule has 0 aromatic heterocycles. The molecule has 0 atom stereocenters. The molecule has 37 heavy (non-hydrogen) atoms. The number of hydrogen-bond donors (Lipinski definition) is 1. The fourth-order valence-corrected chi connectivity index (χ4v) is 4.68. The Balaban J connectivity index is 1.94. The second kappa shape index (κ2) is 19.7. The number of benzene rings is 2. The summed E-state index contributed by atoms with van der Waals surface area (Å²) in [7, 11) is 0. The maximum atomic E-state index is 6.29. The summed E-state index contributed by atoms with van der Waals surface area (Å²) in [5.41, 5.74) is 9.83. The molecule has 0 spiro atoms. The van der Waals surface area contributed by atoms with Crippen LogP contribution in [0.1, 0.15) is 122 Å². The fourth-order valence-electron chi connectivity index (χ4n) is 4.68. The normalized spacial score (nSPS) is 11.0. The van der Waals surface area contributed by atoms with Gasteiger partial charge in [-0.15, -0.1) is 0 Å². The second-order valence-corrected chi connectivity index (χ2v) is 10.5. The zero-order valence-electron chi connectivity index (χ0n) is 24.0. The van der Waals surface area contributed by atoms with Crippen molar-refractivity contribution < 1.29 is 15.0 Å². The van der Waals surface area contributed by atoms with Gasteiger partial charge >= 0.3 is 0 Å². The van der Waals surface area contributed by atoms with E-state index >= 15 is 0 Å². The molecule has 206 valence electrons. The summed E-state index contributed by atoms with van der Waals surface area (Å²) >= 11 is 0. The van der Waals surface area contributed by atoms with E-state index in [2.05, 4.69) is 56.2 Å². The lowest BCUT2D eigenvalue weighted by Gasteiger charge is -2.16. The van der Waals surface area contributed by atoms with E-state index in [1.165, 1.54) is 95.5 Å². The summed E-state index contributed by atoms with van der Waals surface area (Å²) in [5, 5.41) is 4.03. The van der Waals surface area contributed by atoms with Crippen LogP contribution >= 0.6 is 0 Å². The van der Waals surface area contributed by atoms with Crippen LogP contribution in [0.25, 0.3) is 11.1 Å². The maximum Gasteiger partial charge on any atom is 0.175 e. The van der Waals surface area contributed by atoms with Crippen LogP contribution < -0.4 is 15.0 Å². The van der Waals surface area contributed by atoms with Gasteiger partial charge in [0.15, 0.2) is 11.4 Å². The summed E-state index contributed by atoms with van der Waals surface area (Å²) in [6.45, 7) is 8.03. The van der Waals surface area contributed by atoms with Gasteiger partial charge in [-0.25, -0.2) is 0 Å². The number of nitrogens with two attached hydrogens (primary N) is 1. The zero-order chi connectivity index (χ0) is 26.6. The second-order valence-electron chi connectivity index (χ2n) is 10.5. The molecule has 2 aromatic rings. The van der Waals surface area contributed by atoms with E-state index in [9.17, 15) is 0 Å². The third-order valence-corrected chi connectivity index (χ3v) is 7.07. The highest BCUT2D eigenvalue weighted by atomic mass is 16.5. The Kier molecular flexibility index (Phi) is 16.4. The molecule has 0 saturated heterocycles. The standard InChI is InChI=1S/C33H52N2O2/c1-4-6-8-10-12-14-16-18-24-36-32-27-31(35-34)33(26-30(32)29-22-20-28(3)21-23-29)37-25-19-17-15-13-11-9-7-5-2/h20-23,26-27,34H,4-19,24-25H2,1-3H3/p+1. The van der Waals surface area contributed by atoms with Crippen molar-refractivity contribution in [3.63, 3.8) is 0 Å². The lowest BCUT2D eigenvalue weighted by molar-refractivity contribution is -0.210. The van der Waals surface area contributed by atoms with Gasteiger partial charge in [-0.1, -0.05) is 134 Å². The summed E-state index contributed by atoms with van der Waals surface area (Å²) < 4.78 is 12.5. The van der Waals surface area contributed by atoms with E-state index in [1.54, 1.807) is 0 Å². The molecule has 4 nitrogen and oxygen atoms in total. The van der Waals surface area contributed by atoms with Gasteiger partial charge in [0, 0.05) is 11.6 Å².